The molecule has 0 bridgehead atoms. The highest BCUT2D eigenvalue weighted by molar-refractivity contribution is 6.30. The molecule has 0 spiro atoms. The lowest BCUT2D eigenvalue weighted by Crippen LogP contribution is -2.21. The molecule has 0 aliphatic carbocycles. The molecular weight excluding hydrogens is 292 g/mol. The Morgan fingerprint density at radius 1 is 1.29 bits per heavy atom. The fourth-order valence-electron chi connectivity index (χ4n) is 1.58. The highest BCUT2D eigenvalue weighted by Crippen LogP contribution is 2.17. The number of nitrogens with two attached hydrogens (primary N) is 1. The van der Waals surface area contributed by atoms with Gasteiger partial charge in [-0.1, -0.05) is 25.4 Å². The van der Waals surface area contributed by atoms with Crippen molar-refractivity contribution in [1.29, 1.82) is 0 Å². The van der Waals surface area contributed by atoms with Crippen LogP contribution >= 0.6 is 11.6 Å². The van der Waals surface area contributed by atoms with E-state index >= 15 is 0 Å². The first-order chi connectivity index (χ1) is 10.0. The van der Waals surface area contributed by atoms with Gasteiger partial charge in [-0.25, -0.2) is 15.0 Å². The number of amides is 1. The fraction of sp³-hybridized carbons (Fsp3) is 0.231. The van der Waals surface area contributed by atoms with Gasteiger partial charge in [-0.3, -0.25) is 10.6 Å². The summed E-state index contributed by atoms with van der Waals surface area (Å²) < 4.78 is 0. The van der Waals surface area contributed by atoms with E-state index in [1.54, 1.807) is 12.1 Å². The molecule has 21 heavy (non-hydrogen) atoms. The van der Waals surface area contributed by atoms with E-state index in [9.17, 15) is 4.79 Å². The number of hydrogen-bond acceptors (Lipinski definition) is 6. The number of hydrazine groups is 1. The molecule has 4 N–H and O–H groups in total. The van der Waals surface area contributed by atoms with Crippen LogP contribution in [0.3, 0.4) is 0 Å². The molecular formula is C13H15ClN6O. The minimum absolute atomic E-state index is 0.0945. The third-order valence-electron chi connectivity index (χ3n) is 2.66. The van der Waals surface area contributed by atoms with Crippen LogP contribution in [0.1, 0.15) is 36.1 Å². The predicted octanol–water partition coefficient (Wildman–Crippen LogP) is 2.19. The van der Waals surface area contributed by atoms with Gasteiger partial charge < -0.3 is 10.7 Å². The van der Waals surface area contributed by atoms with Crippen molar-refractivity contribution in [2.24, 2.45) is 5.84 Å². The number of nitrogens with zero attached hydrogens (tertiary/aromatic N) is 3. The Morgan fingerprint density at radius 3 is 2.62 bits per heavy atom. The molecule has 0 aliphatic heterocycles. The number of aromatic nitrogens is 3. The number of halogens is 1. The van der Waals surface area contributed by atoms with Gasteiger partial charge in [-0.2, -0.15) is 0 Å². The van der Waals surface area contributed by atoms with Crippen LogP contribution in [0, 0.1) is 0 Å². The molecule has 1 amide bonds. The quantitative estimate of drug-likeness (QED) is 0.590. The second-order valence-corrected chi connectivity index (χ2v) is 5.04. The monoisotopic (exact) mass is 306 g/mol. The molecule has 0 saturated carbocycles. The molecule has 2 aromatic heterocycles. The Kier molecular flexibility index (Phi) is 4.66. The van der Waals surface area contributed by atoms with Crippen LogP contribution in [-0.2, 0) is 0 Å². The Labute approximate surface area is 126 Å². The van der Waals surface area contributed by atoms with Crippen molar-refractivity contribution in [3.05, 3.63) is 41.1 Å². The number of nitrogen functional groups attached to an aromatic ring is 1. The number of pyridine rings is 1. The lowest BCUT2D eigenvalue weighted by molar-refractivity contribution is 0.102. The standard InChI is InChI=1S/C13H15ClN6O/c1-7(2)12-17-6-9(20-15)11(19-12)13(21)18-10-4-3-8(14)5-16-10/h3-7,20H,15H2,1-2H3,(H,16,18,21). The molecule has 0 aromatic carbocycles. The molecule has 7 nitrogen and oxygen atoms in total. The van der Waals surface area contributed by atoms with Gasteiger partial charge in [0.15, 0.2) is 5.69 Å². The number of carbonyl (C=O) groups excluding carboxylic acids is 1. The zero-order chi connectivity index (χ0) is 15.4. The maximum Gasteiger partial charge on any atom is 0.277 e. The molecule has 110 valence electrons. The van der Waals surface area contributed by atoms with Crippen molar-refractivity contribution in [1.82, 2.24) is 15.0 Å². The summed E-state index contributed by atoms with van der Waals surface area (Å²) in [6.07, 6.45) is 2.92. The summed E-state index contributed by atoms with van der Waals surface area (Å²) in [6.45, 7) is 3.88. The van der Waals surface area contributed by atoms with E-state index in [1.165, 1.54) is 12.4 Å². The van der Waals surface area contributed by atoms with E-state index in [4.69, 9.17) is 17.4 Å². The molecule has 2 rings (SSSR count). The molecule has 0 saturated heterocycles. The van der Waals surface area contributed by atoms with Crippen molar-refractivity contribution in [2.75, 3.05) is 10.7 Å². The molecule has 0 atom stereocenters. The van der Waals surface area contributed by atoms with Gasteiger partial charge in [0.25, 0.3) is 5.91 Å². The number of carbonyl (C=O) groups is 1. The summed E-state index contributed by atoms with van der Waals surface area (Å²) in [5.74, 6) is 5.98. The minimum atomic E-state index is -0.429. The highest BCUT2D eigenvalue weighted by atomic mass is 35.5. The Morgan fingerprint density at radius 2 is 2.05 bits per heavy atom. The summed E-state index contributed by atoms with van der Waals surface area (Å²) in [6, 6.07) is 3.23. The third-order valence-corrected chi connectivity index (χ3v) is 2.89. The zero-order valence-corrected chi connectivity index (χ0v) is 12.3. The topological polar surface area (TPSA) is 106 Å². The van der Waals surface area contributed by atoms with Crippen molar-refractivity contribution in [3.8, 4) is 0 Å². The Bertz CT molecular complexity index is 644. The lowest BCUT2D eigenvalue weighted by atomic mass is 10.2. The summed E-state index contributed by atoms with van der Waals surface area (Å²) >= 11 is 5.75. The summed E-state index contributed by atoms with van der Waals surface area (Å²) in [4.78, 5) is 24.7. The van der Waals surface area contributed by atoms with Crippen LogP contribution in [0.25, 0.3) is 0 Å². The van der Waals surface area contributed by atoms with E-state index in [1.807, 2.05) is 13.8 Å². The van der Waals surface area contributed by atoms with Gasteiger partial charge in [0.2, 0.25) is 0 Å². The Hall–Kier alpha value is -2.25. The normalized spacial score (nSPS) is 10.5. The van der Waals surface area contributed by atoms with Crippen LogP contribution in [0.2, 0.25) is 5.02 Å². The maximum absolute atomic E-state index is 12.3. The van der Waals surface area contributed by atoms with Crippen molar-refractivity contribution in [3.63, 3.8) is 0 Å². The van der Waals surface area contributed by atoms with E-state index in [2.05, 4.69) is 25.7 Å². The average Bonchev–Trinajstić information content (AvgIpc) is 2.48. The summed E-state index contributed by atoms with van der Waals surface area (Å²) in [7, 11) is 0. The van der Waals surface area contributed by atoms with Gasteiger partial charge in [0, 0.05) is 12.1 Å². The molecule has 2 aromatic rings. The molecule has 0 aliphatic rings. The summed E-state index contributed by atoms with van der Waals surface area (Å²) in [5.41, 5.74) is 2.91. The van der Waals surface area contributed by atoms with Crippen molar-refractivity contribution in [2.45, 2.75) is 19.8 Å². The highest BCUT2D eigenvalue weighted by Gasteiger charge is 2.16. The van der Waals surface area contributed by atoms with Gasteiger partial charge in [0.05, 0.1) is 16.9 Å². The second kappa shape index (κ2) is 6.47. The van der Waals surface area contributed by atoms with E-state index in [-0.39, 0.29) is 11.6 Å². The molecule has 0 radical (unpaired) electrons. The van der Waals surface area contributed by atoms with Crippen LogP contribution in [0.15, 0.2) is 24.5 Å². The SMILES string of the molecule is CC(C)c1ncc(NN)c(C(=O)Nc2ccc(Cl)cn2)n1. The van der Waals surface area contributed by atoms with Crippen LogP contribution < -0.4 is 16.6 Å². The first kappa shape index (κ1) is 15.1. The Balaban J connectivity index is 2.28. The van der Waals surface area contributed by atoms with Crippen LogP contribution in [0.4, 0.5) is 11.5 Å². The van der Waals surface area contributed by atoms with Crippen LogP contribution in [-0.4, -0.2) is 20.9 Å². The molecule has 2 heterocycles. The molecule has 8 heteroatoms. The van der Waals surface area contributed by atoms with Gasteiger partial charge in [-0.15, -0.1) is 0 Å². The van der Waals surface area contributed by atoms with Crippen molar-refractivity contribution < 1.29 is 4.79 Å². The van der Waals surface area contributed by atoms with E-state index in [0.717, 1.165) is 0 Å². The van der Waals surface area contributed by atoms with E-state index in [0.29, 0.717) is 22.4 Å². The fourth-order valence-corrected chi connectivity index (χ4v) is 1.69. The summed E-state index contributed by atoms with van der Waals surface area (Å²) in [5, 5.41) is 3.12. The second-order valence-electron chi connectivity index (χ2n) is 4.61. The van der Waals surface area contributed by atoms with Gasteiger partial charge in [0.1, 0.15) is 11.6 Å². The first-order valence-electron chi connectivity index (χ1n) is 6.27. The number of nitrogens with one attached hydrogen (secondary N) is 2. The lowest BCUT2D eigenvalue weighted by Gasteiger charge is -2.11. The predicted molar refractivity (Wildman–Crippen MR) is 81.1 cm³/mol. The smallest absolute Gasteiger partial charge is 0.277 e. The number of anilines is 2. The number of hydrogen-bond donors (Lipinski definition) is 3. The van der Waals surface area contributed by atoms with Gasteiger partial charge in [-0.05, 0) is 12.1 Å². The molecule has 0 fully saturated rings. The number of rotatable bonds is 4. The van der Waals surface area contributed by atoms with Crippen molar-refractivity contribution >= 4 is 29.0 Å². The third kappa shape index (κ3) is 3.65. The van der Waals surface area contributed by atoms with Gasteiger partial charge >= 0.3 is 0 Å². The minimum Gasteiger partial charge on any atom is -0.321 e. The molecule has 0 unspecified atom stereocenters. The van der Waals surface area contributed by atoms with E-state index < -0.39 is 5.91 Å². The first-order valence-corrected chi connectivity index (χ1v) is 6.65. The van der Waals surface area contributed by atoms with Crippen LogP contribution in [0.5, 0.6) is 0 Å². The average molecular weight is 307 g/mol. The zero-order valence-electron chi connectivity index (χ0n) is 11.6. The maximum atomic E-state index is 12.3. The largest absolute Gasteiger partial charge is 0.321 e.